The SMILES string of the molecule is Clc1ccccc1CNCCCCNCc1ccccc1Cl. The number of nitrogens with one attached hydrogen (secondary N) is 2. The Morgan fingerprint density at radius 1 is 0.636 bits per heavy atom. The molecule has 2 N–H and O–H groups in total. The zero-order valence-corrected chi connectivity index (χ0v) is 14.1. The predicted octanol–water partition coefficient (Wildman–Crippen LogP) is 4.65. The van der Waals surface area contributed by atoms with E-state index in [0.29, 0.717) is 0 Å². The van der Waals surface area contributed by atoms with Gasteiger partial charge < -0.3 is 10.6 Å². The maximum atomic E-state index is 6.12. The first-order chi connectivity index (χ1) is 10.8. The maximum Gasteiger partial charge on any atom is 0.0450 e. The molecule has 2 rings (SSSR count). The molecule has 0 atom stereocenters. The van der Waals surface area contributed by atoms with Gasteiger partial charge in [-0.2, -0.15) is 0 Å². The smallest absolute Gasteiger partial charge is 0.0450 e. The van der Waals surface area contributed by atoms with Crippen molar-refractivity contribution in [2.45, 2.75) is 25.9 Å². The summed E-state index contributed by atoms with van der Waals surface area (Å²) < 4.78 is 0. The molecule has 0 radical (unpaired) electrons. The molecule has 2 aromatic rings. The van der Waals surface area contributed by atoms with E-state index in [2.05, 4.69) is 22.8 Å². The Labute approximate surface area is 142 Å². The number of hydrogen-bond donors (Lipinski definition) is 2. The number of benzene rings is 2. The van der Waals surface area contributed by atoms with Gasteiger partial charge in [-0.25, -0.2) is 0 Å². The number of unbranched alkanes of at least 4 members (excludes halogenated alkanes) is 1. The van der Waals surface area contributed by atoms with E-state index in [9.17, 15) is 0 Å². The quantitative estimate of drug-likeness (QED) is 0.651. The van der Waals surface area contributed by atoms with Crippen molar-refractivity contribution in [2.24, 2.45) is 0 Å². The first kappa shape index (κ1) is 17.3. The van der Waals surface area contributed by atoms with E-state index in [0.717, 1.165) is 60.2 Å². The molecule has 0 saturated heterocycles. The summed E-state index contributed by atoms with van der Waals surface area (Å²) in [5.74, 6) is 0. The van der Waals surface area contributed by atoms with Gasteiger partial charge in [0.05, 0.1) is 0 Å². The molecule has 0 aliphatic heterocycles. The molecule has 0 saturated carbocycles. The standard InChI is InChI=1S/C18H22Cl2N2/c19-17-9-3-1-7-15(17)13-21-11-5-6-12-22-14-16-8-2-4-10-18(16)20/h1-4,7-10,21-22H,5-6,11-14H2. The van der Waals surface area contributed by atoms with Gasteiger partial charge in [0.15, 0.2) is 0 Å². The molecular weight excluding hydrogens is 315 g/mol. The van der Waals surface area contributed by atoms with E-state index >= 15 is 0 Å². The Bertz CT molecular complexity index is 521. The Morgan fingerprint density at radius 3 is 1.45 bits per heavy atom. The molecule has 118 valence electrons. The van der Waals surface area contributed by atoms with Gasteiger partial charge in [0.25, 0.3) is 0 Å². The molecule has 0 spiro atoms. The van der Waals surface area contributed by atoms with Crippen LogP contribution in [0.5, 0.6) is 0 Å². The molecule has 0 aliphatic rings. The highest BCUT2D eigenvalue weighted by Gasteiger charge is 1.99. The lowest BCUT2D eigenvalue weighted by Gasteiger charge is -2.08. The van der Waals surface area contributed by atoms with Crippen LogP contribution in [0.25, 0.3) is 0 Å². The highest BCUT2D eigenvalue weighted by atomic mass is 35.5. The van der Waals surface area contributed by atoms with Gasteiger partial charge in [-0.3, -0.25) is 0 Å². The van der Waals surface area contributed by atoms with Crippen molar-refractivity contribution >= 4 is 23.2 Å². The Morgan fingerprint density at radius 2 is 1.05 bits per heavy atom. The van der Waals surface area contributed by atoms with Crippen molar-refractivity contribution in [3.8, 4) is 0 Å². The van der Waals surface area contributed by atoms with Crippen LogP contribution in [0.3, 0.4) is 0 Å². The second-order valence-corrected chi connectivity index (χ2v) is 6.06. The van der Waals surface area contributed by atoms with E-state index in [-0.39, 0.29) is 0 Å². The summed E-state index contributed by atoms with van der Waals surface area (Å²) in [4.78, 5) is 0. The summed E-state index contributed by atoms with van der Waals surface area (Å²) in [5.41, 5.74) is 2.31. The second kappa shape index (κ2) is 9.86. The summed E-state index contributed by atoms with van der Waals surface area (Å²) >= 11 is 12.2. The number of hydrogen-bond acceptors (Lipinski definition) is 2. The largest absolute Gasteiger partial charge is 0.313 e. The molecule has 0 aromatic heterocycles. The molecule has 22 heavy (non-hydrogen) atoms. The van der Waals surface area contributed by atoms with Gasteiger partial charge >= 0.3 is 0 Å². The van der Waals surface area contributed by atoms with Crippen molar-refractivity contribution in [3.63, 3.8) is 0 Å². The minimum atomic E-state index is 0.826. The van der Waals surface area contributed by atoms with Crippen molar-refractivity contribution < 1.29 is 0 Å². The number of halogens is 2. The fraction of sp³-hybridized carbons (Fsp3) is 0.333. The van der Waals surface area contributed by atoms with Crippen LogP contribution in [-0.4, -0.2) is 13.1 Å². The monoisotopic (exact) mass is 336 g/mol. The lowest BCUT2D eigenvalue weighted by atomic mass is 10.2. The van der Waals surface area contributed by atoms with Crippen LogP contribution in [0.15, 0.2) is 48.5 Å². The van der Waals surface area contributed by atoms with Gasteiger partial charge in [0.2, 0.25) is 0 Å². The van der Waals surface area contributed by atoms with Crippen LogP contribution in [0, 0.1) is 0 Å². The first-order valence-electron chi connectivity index (χ1n) is 7.65. The summed E-state index contributed by atoms with van der Waals surface area (Å²) in [6, 6.07) is 15.9. The highest BCUT2D eigenvalue weighted by molar-refractivity contribution is 6.31. The fourth-order valence-electron chi connectivity index (χ4n) is 2.23. The van der Waals surface area contributed by atoms with Crippen LogP contribution in [0.4, 0.5) is 0 Å². The van der Waals surface area contributed by atoms with E-state index in [1.807, 2.05) is 36.4 Å². The topological polar surface area (TPSA) is 24.1 Å². The molecule has 0 fully saturated rings. The van der Waals surface area contributed by atoms with Gasteiger partial charge in [-0.1, -0.05) is 59.6 Å². The summed E-state index contributed by atoms with van der Waals surface area (Å²) in [7, 11) is 0. The third-order valence-electron chi connectivity index (χ3n) is 3.50. The molecule has 0 bridgehead atoms. The van der Waals surface area contributed by atoms with Crippen molar-refractivity contribution in [1.29, 1.82) is 0 Å². The fourth-order valence-corrected chi connectivity index (χ4v) is 2.63. The Kier molecular flexibility index (Phi) is 7.75. The van der Waals surface area contributed by atoms with Crippen molar-refractivity contribution in [3.05, 3.63) is 69.7 Å². The highest BCUT2D eigenvalue weighted by Crippen LogP contribution is 2.15. The average molecular weight is 337 g/mol. The van der Waals surface area contributed by atoms with Crippen LogP contribution in [0.1, 0.15) is 24.0 Å². The second-order valence-electron chi connectivity index (χ2n) is 5.24. The van der Waals surface area contributed by atoms with Crippen LogP contribution in [-0.2, 0) is 13.1 Å². The van der Waals surface area contributed by atoms with Gasteiger partial charge in [0.1, 0.15) is 0 Å². The minimum Gasteiger partial charge on any atom is -0.313 e. The van der Waals surface area contributed by atoms with Crippen molar-refractivity contribution in [2.75, 3.05) is 13.1 Å². The molecule has 2 aromatic carbocycles. The Hall–Kier alpha value is -1.06. The van der Waals surface area contributed by atoms with Crippen molar-refractivity contribution in [1.82, 2.24) is 10.6 Å². The van der Waals surface area contributed by atoms with E-state index in [4.69, 9.17) is 23.2 Å². The normalized spacial score (nSPS) is 10.8. The first-order valence-corrected chi connectivity index (χ1v) is 8.41. The summed E-state index contributed by atoms with van der Waals surface area (Å²) in [5, 5.41) is 8.51. The summed E-state index contributed by atoms with van der Waals surface area (Å²) in [6.45, 7) is 3.65. The predicted molar refractivity (Wildman–Crippen MR) is 95.6 cm³/mol. The third kappa shape index (κ3) is 5.98. The van der Waals surface area contributed by atoms with E-state index in [1.54, 1.807) is 0 Å². The van der Waals surface area contributed by atoms with E-state index in [1.165, 1.54) is 0 Å². The lowest BCUT2D eigenvalue weighted by molar-refractivity contribution is 0.582. The molecule has 4 heteroatoms. The van der Waals surface area contributed by atoms with Crippen LogP contribution >= 0.6 is 23.2 Å². The third-order valence-corrected chi connectivity index (χ3v) is 4.24. The molecule has 0 heterocycles. The zero-order valence-electron chi connectivity index (χ0n) is 12.6. The summed E-state index contributed by atoms with van der Waals surface area (Å²) in [6.07, 6.45) is 2.28. The minimum absolute atomic E-state index is 0.826. The zero-order chi connectivity index (χ0) is 15.6. The molecular formula is C18H22Cl2N2. The lowest BCUT2D eigenvalue weighted by Crippen LogP contribution is -2.19. The van der Waals surface area contributed by atoms with Gasteiger partial charge in [-0.05, 0) is 49.2 Å². The molecule has 0 amide bonds. The van der Waals surface area contributed by atoms with Crippen LogP contribution in [0.2, 0.25) is 10.0 Å². The molecule has 0 unspecified atom stereocenters. The van der Waals surface area contributed by atoms with Gasteiger partial charge in [0, 0.05) is 23.1 Å². The Balaban J connectivity index is 1.51. The van der Waals surface area contributed by atoms with Crippen LogP contribution < -0.4 is 10.6 Å². The maximum absolute atomic E-state index is 6.12. The van der Waals surface area contributed by atoms with Gasteiger partial charge in [-0.15, -0.1) is 0 Å². The number of rotatable bonds is 9. The molecule has 2 nitrogen and oxygen atoms in total. The van der Waals surface area contributed by atoms with E-state index < -0.39 is 0 Å². The molecule has 0 aliphatic carbocycles. The average Bonchev–Trinajstić information content (AvgIpc) is 2.53.